The van der Waals surface area contributed by atoms with E-state index in [0.29, 0.717) is 11.4 Å². The molecule has 0 radical (unpaired) electrons. The van der Waals surface area contributed by atoms with Crippen molar-refractivity contribution < 1.29 is 14.7 Å². The molecule has 0 aromatic heterocycles. The van der Waals surface area contributed by atoms with Gasteiger partial charge in [0.15, 0.2) is 0 Å². The monoisotopic (exact) mass is 321 g/mol. The van der Waals surface area contributed by atoms with E-state index in [9.17, 15) is 14.7 Å². The maximum absolute atomic E-state index is 12.7. The molecule has 0 bridgehead atoms. The van der Waals surface area contributed by atoms with Crippen molar-refractivity contribution in [3.8, 4) is 0 Å². The number of nitrogens with one attached hydrogen (secondary N) is 1. The fourth-order valence-corrected chi connectivity index (χ4v) is 3.57. The van der Waals surface area contributed by atoms with Crippen molar-refractivity contribution in [1.29, 1.82) is 0 Å². The third-order valence-electron chi connectivity index (χ3n) is 4.98. The Kier molecular flexibility index (Phi) is 4.13. The Morgan fingerprint density at radius 1 is 1.14 bits per heavy atom. The van der Waals surface area contributed by atoms with Crippen LogP contribution in [0, 0.1) is 5.92 Å². The molecule has 0 aliphatic heterocycles. The average molecular weight is 322 g/mol. The molecule has 3 rings (SSSR count). The van der Waals surface area contributed by atoms with Gasteiger partial charge in [-0.05, 0) is 43.4 Å². The van der Waals surface area contributed by atoms with Crippen LogP contribution in [0.3, 0.4) is 0 Å². The quantitative estimate of drug-likeness (QED) is 0.895. The zero-order valence-electron chi connectivity index (χ0n) is 12.3. The molecule has 2 saturated carbocycles. The van der Waals surface area contributed by atoms with Gasteiger partial charge in [0.1, 0.15) is 0 Å². The standard InChI is InChI=1S/C17H20ClNO3/c18-12-7-5-11(6-8-12)17(9-10-17)16(22)19-14-4-2-1-3-13(14)15(20)21/h5-8,13-14H,1-4,9-10H2,(H,19,22)(H,20,21)/t13-,14+/m1/s1. The number of hydrogen-bond acceptors (Lipinski definition) is 2. The molecule has 118 valence electrons. The van der Waals surface area contributed by atoms with E-state index in [2.05, 4.69) is 5.32 Å². The minimum Gasteiger partial charge on any atom is -0.481 e. The molecule has 1 aromatic rings. The third-order valence-corrected chi connectivity index (χ3v) is 5.23. The summed E-state index contributed by atoms with van der Waals surface area (Å²) in [5.74, 6) is -1.30. The lowest BCUT2D eigenvalue weighted by molar-refractivity contribution is -0.144. The van der Waals surface area contributed by atoms with E-state index in [0.717, 1.165) is 37.7 Å². The number of carboxylic acid groups (broad SMARTS) is 1. The molecule has 0 unspecified atom stereocenters. The molecule has 0 saturated heterocycles. The summed E-state index contributed by atoms with van der Waals surface area (Å²) in [6, 6.07) is 7.13. The summed E-state index contributed by atoms with van der Waals surface area (Å²) >= 11 is 5.91. The first kappa shape index (κ1) is 15.3. The lowest BCUT2D eigenvalue weighted by Gasteiger charge is -2.30. The Labute approximate surface area is 134 Å². The molecular formula is C17H20ClNO3. The second-order valence-electron chi connectivity index (χ2n) is 6.40. The van der Waals surface area contributed by atoms with Crippen molar-refractivity contribution in [1.82, 2.24) is 5.32 Å². The van der Waals surface area contributed by atoms with Crippen LogP contribution in [0.4, 0.5) is 0 Å². The average Bonchev–Trinajstić information content (AvgIpc) is 3.30. The Morgan fingerprint density at radius 2 is 1.77 bits per heavy atom. The van der Waals surface area contributed by atoms with Crippen molar-refractivity contribution in [3.05, 3.63) is 34.9 Å². The molecule has 0 spiro atoms. The maximum atomic E-state index is 12.7. The number of amides is 1. The minimum atomic E-state index is -0.804. The summed E-state index contributed by atoms with van der Waals surface area (Å²) in [5, 5.41) is 13.0. The van der Waals surface area contributed by atoms with Crippen molar-refractivity contribution in [3.63, 3.8) is 0 Å². The van der Waals surface area contributed by atoms with E-state index >= 15 is 0 Å². The molecular weight excluding hydrogens is 302 g/mol. The molecule has 1 aromatic carbocycles. The topological polar surface area (TPSA) is 66.4 Å². The molecule has 4 nitrogen and oxygen atoms in total. The largest absolute Gasteiger partial charge is 0.481 e. The van der Waals surface area contributed by atoms with Crippen LogP contribution in [-0.2, 0) is 15.0 Å². The van der Waals surface area contributed by atoms with E-state index in [-0.39, 0.29) is 11.9 Å². The molecule has 1 amide bonds. The molecule has 5 heteroatoms. The zero-order valence-corrected chi connectivity index (χ0v) is 13.1. The van der Waals surface area contributed by atoms with E-state index in [4.69, 9.17) is 11.6 Å². The van der Waals surface area contributed by atoms with Gasteiger partial charge in [0.2, 0.25) is 5.91 Å². The van der Waals surface area contributed by atoms with Crippen LogP contribution in [0.1, 0.15) is 44.1 Å². The Balaban J connectivity index is 1.73. The number of benzene rings is 1. The highest BCUT2D eigenvalue weighted by Gasteiger charge is 2.52. The number of hydrogen-bond donors (Lipinski definition) is 2. The molecule has 22 heavy (non-hydrogen) atoms. The number of carbonyl (C=O) groups excluding carboxylic acids is 1. The van der Waals surface area contributed by atoms with Crippen LogP contribution in [0.15, 0.2) is 24.3 Å². The number of carboxylic acids is 1. The fourth-order valence-electron chi connectivity index (χ4n) is 3.45. The van der Waals surface area contributed by atoms with Gasteiger partial charge in [-0.2, -0.15) is 0 Å². The van der Waals surface area contributed by atoms with Gasteiger partial charge >= 0.3 is 5.97 Å². The molecule has 2 aliphatic carbocycles. The van der Waals surface area contributed by atoms with Crippen molar-refractivity contribution >= 4 is 23.5 Å². The first-order valence-corrected chi connectivity index (χ1v) is 8.20. The lowest BCUT2D eigenvalue weighted by atomic mass is 9.83. The Bertz CT molecular complexity index is 580. The highest BCUT2D eigenvalue weighted by molar-refractivity contribution is 6.30. The second-order valence-corrected chi connectivity index (χ2v) is 6.83. The van der Waals surface area contributed by atoms with E-state index in [1.807, 2.05) is 12.1 Å². The summed E-state index contributed by atoms with van der Waals surface area (Å²) < 4.78 is 0. The van der Waals surface area contributed by atoms with E-state index in [1.165, 1.54) is 0 Å². The highest BCUT2D eigenvalue weighted by Crippen LogP contribution is 2.49. The van der Waals surface area contributed by atoms with Crippen molar-refractivity contribution in [2.45, 2.75) is 50.0 Å². The molecule has 0 heterocycles. The zero-order chi connectivity index (χ0) is 15.7. The maximum Gasteiger partial charge on any atom is 0.308 e. The molecule has 2 N–H and O–H groups in total. The van der Waals surface area contributed by atoms with E-state index < -0.39 is 17.3 Å². The normalized spacial score (nSPS) is 26.2. The number of carbonyl (C=O) groups is 2. The van der Waals surface area contributed by atoms with Gasteiger partial charge in [-0.25, -0.2) is 0 Å². The Morgan fingerprint density at radius 3 is 2.36 bits per heavy atom. The van der Waals surface area contributed by atoms with E-state index in [1.54, 1.807) is 12.1 Å². The third kappa shape index (κ3) is 2.84. The van der Waals surface area contributed by atoms with Crippen molar-refractivity contribution in [2.75, 3.05) is 0 Å². The lowest BCUT2D eigenvalue weighted by Crippen LogP contribution is -2.48. The van der Waals surface area contributed by atoms with Gasteiger partial charge in [0.25, 0.3) is 0 Å². The minimum absolute atomic E-state index is 0.0343. The van der Waals surface area contributed by atoms with Crippen molar-refractivity contribution in [2.24, 2.45) is 5.92 Å². The smallest absolute Gasteiger partial charge is 0.308 e. The first-order chi connectivity index (χ1) is 10.5. The van der Waals surface area contributed by atoms with Crippen LogP contribution in [0.25, 0.3) is 0 Å². The first-order valence-electron chi connectivity index (χ1n) is 7.83. The summed E-state index contributed by atoms with van der Waals surface area (Å²) in [5.41, 5.74) is 0.488. The summed E-state index contributed by atoms with van der Waals surface area (Å²) in [7, 11) is 0. The van der Waals surface area contributed by atoms with Crippen LogP contribution in [0.5, 0.6) is 0 Å². The van der Waals surface area contributed by atoms with Crippen LogP contribution in [0.2, 0.25) is 5.02 Å². The van der Waals surface area contributed by atoms with Gasteiger partial charge in [0, 0.05) is 11.1 Å². The van der Waals surface area contributed by atoms with Gasteiger partial charge in [-0.1, -0.05) is 36.6 Å². The predicted octanol–water partition coefficient (Wildman–Crippen LogP) is 3.13. The van der Waals surface area contributed by atoms with Crippen LogP contribution < -0.4 is 5.32 Å². The number of aliphatic carboxylic acids is 1. The molecule has 2 aliphatic rings. The molecule has 2 atom stereocenters. The number of rotatable bonds is 4. The van der Waals surface area contributed by atoms with Crippen LogP contribution in [-0.4, -0.2) is 23.0 Å². The Hall–Kier alpha value is -1.55. The second kappa shape index (κ2) is 5.92. The van der Waals surface area contributed by atoms with Gasteiger partial charge < -0.3 is 10.4 Å². The predicted molar refractivity (Wildman–Crippen MR) is 83.9 cm³/mol. The number of halogens is 1. The summed E-state index contributed by atoms with van der Waals surface area (Å²) in [6.07, 6.45) is 4.91. The summed E-state index contributed by atoms with van der Waals surface area (Å²) in [6.45, 7) is 0. The van der Waals surface area contributed by atoms with Crippen LogP contribution >= 0.6 is 11.6 Å². The van der Waals surface area contributed by atoms with Gasteiger partial charge in [-0.3, -0.25) is 9.59 Å². The molecule has 2 fully saturated rings. The van der Waals surface area contributed by atoms with Gasteiger partial charge in [0.05, 0.1) is 11.3 Å². The SMILES string of the molecule is O=C(O)[C@@H]1CCCC[C@@H]1NC(=O)C1(c2ccc(Cl)cc2)CC1. The summed E-state index contributed by atoms with van der Waals surface area (Å²) in [4.78, 5) is 24.1. The van der Waals surface area contributed by atoms with Gasteiger partial charge in [-0.15, -0.1) is 0 Å². The highest BCUT2D eigenvalue weighted by atomic mass is 35.5. The fraction of sp³-hybridized carbons (Fsp3) is 0.529.